The SMILES string of the molecule is O=S(=O)(c1ccncc1)N1CCc2nc[nH]c2C1. The fraction of sp³-hybridized carbons (Fsp3) is 0.273. The Bertz CT molecular complexity index is 651. The lowest BCUT2D eigenvalue weighted by Gasteiger charge is -2.25. The summed E-state index contributed by atoms with van der Waals surface area (Å²) in [6.07, 6.45) is 5.22. The normalized spacial score (nSPS) is 16.4. The van der Waals surface area contributed by atoms with Gasteiger partial charge in [0.2, 0.25) is 10.0 Å². The van der Waals surface area contributed by atoms with Gasteiger partial charge in [0.05, 0.1) is 29.2 Å². The molecule has 0 atom stereocenters. The third kappa shape index (κ3) is 1.81. The van der Waals surface area contributed by atoms with E-state index in [1.807, 2.05) is 0 Å². The molecule has 0 radical (unpaired) electrons. The number of aromatic nitrogens is 3. The summed E-state index contributed by atoms with van der Waals surface area (Å²) in [7, 11) is -3.44. The molecule has 3 heterocycles. The molecular formula is C11H12N4O2S. The summed E-state index contributed by atoms with van der Waals surface area (Å²) in [4.78, 5) is 11.3. The van der Waals surface area contributed by atoms with Crippen molar-refractivity contribution in [2.45, 2.75) is 17.9 Å². The highest BCUT2D eigenvalue weighted by Gasteiger charge is 2.29. The second kappa shape index (κ2) is 4.18. The Hall–Kier alpha value is -1.73. The molecule has 3 rings (SSSR count). The van der Waals surface area contributed by atoms with Gasteiger partial charge in [0.1, 0.15) is 0 Å². The summed E-state index contributed by atoms with van der Waals surface area (Å²) < 4.78 is 26.2. The lowest BCUT2D eigenvalue weighted by molar-refractivity contribution is 0.385. The molecule has 1 aliphatic rings. The highest BCUT2D eigenvalue weighted by Crippen LogP contribution is 2.22. The van der Waals surface area contributed by atoms with Crippen molar-refractivity contribution in [1.82, 2.24) is 19.3 Å². The first kappa shape index (κ1) is 11.4. The largest absolute Gasteiger partial charge is 0.347 e. The molecule has 0 unspecified atom stereocenters. The van der Waals surface area contributed by atoms with Gasteiger partial charge in [-0.3, -0.25) is 4.98 Å². The third-order valence-corrected chi connectivity index (χ3v) is 4.89. The van der Waals surface area contributed by atoms with E-state index < -0.39 is 10.0 Å². The number of aromatic amines is 1. The number of H-pyrrole nitrogens is 1. The molecule has 2 aromatic heterocycles. The Kier molecular flexibility index (Phi) is 2.64. The summed E-state index contributed by atoms with van der Waals surface area (Å²) in [5, 5.41) is 0. The van der Waals surface area contributed by atoms with Crippen LogP contribution in [0.4, 0.5) is 0 Å². The number of imidazole rings is 1. The Labute approximate surface area is 105 Å². The highest BCUT2D eigenvalue weighted by atomic mass is 32.2. The van der Waals surface area contributed by atoms with Gasteiger partial charge in [-0.1, -0.05) is 0 Å². The quantitative estimate of drug-likeness (QED) is 0.859. The molecule has 94 valence electrons. The van der Waals surface area contributed by atoms with Crippen LogP contribution in [0.1, 0.15) is 11.4 Å². The fourth-order valence-electron chi connectivity index (χ4n) is 2.05. The second-order valence-electron chi connectivity index (χ2n) is 4.10. The topological polar surface area (TPSA) is 79.0 Å². The van der Waals surface area contributed by atoms with Crippen LogP contribution in [0.2, 0.25) is 0 Å². The average molecular weight is 264 g/mol. The smallest absolute Gasteiger partial charge is 0.243 e. The Morgan fingerprint density at radius 2 is 2.06 bits per heavy atom. The zero-order valence-corrected chi connectivity index (χ0v) is 10.4. The molecule has 6 nitrogen and oxygen atoms in total. The molecule has 1 N–H and O–H groups in total. The van der Waals surface area contributed by atoms with E-state index in [0.29, 0.717) is 19.5 Å². The molecule has 0 bridgehead atoms. The van der Waals surface area contributed by atoms with Crippen LogP contribution in [0.15, 0.2) is 35.7 Å². The monoisotopic (exact) mass is 264 g/mol. The summed E-state index contributed by atoms with van der Waals surface area (Å²) in [5.74, 6) is 0. The predicted molar refractivity (Wildman–Crippen MR) is 64.1 cm³/mol. The van der Waals surface area contributed by atoms with Gasteiger partial charge >= 0.3 is 0 Å². The van der Waals surface area contributed by atoms with Crippen molar-refractivity contribution in [3.63, 3.8) is 0 Å². The number of fused-ring (bicyclic) bond motifs is 1. The summed E-state index contributed by atoms with van der Waals surface area (Å²) in [6.45, 7) is 0.808. The number of hydrogen-bond donors (Lipinski definition) is 1. The van der Waals surface area contributed by atoms with Crippen LogP contribution < -0.4 is 0 Å². The van der Waals surface area contributed by atoms with Gasteiger partial charge in [0.15, 0.2) is 0 Å². The summed E-state index contributed by atoms with van der Waals surface area (Å²) in [5.41, 5.74) is 1.83. The van der Waals surface area contributed by atoms with Gasteiger partial charge in [0, 0.05) is 25.4 Å². The van der Waals surface area contributed by atoms with Gasteiger partial charge in [-0.15, -0.1) is 0 Å². The maximum absolute atomic E-state index is 12.4. The Morgan fingerprint density at radius 3 is 2.83 bits per heavy atom. The molecule has 0 aromatic carbocycles. The average Bonchev–Trinajstić information content (AvgIpc) is 2.87. The fourth-order valence-corrected chi connectivity index (χ4v) is 3.45. The Balaban J connectivity index is 1.93. The van der Waals surface area contributed by atoms with E-state index in [9.17, 15) is 8.42 Å². The molecule has 18 heavy (non-hydrogen) atoms. The van der Waals surface area contributed by atoms with Gasteiger partial charge in [-0.2, -0.15) is 4.31 Å². The number of rotatable bonds is 2. The molecule has 2 aromatic rings. The molecule has 0 aliphatic carbocycles. The van der Waals surface area contributed by atoms with E-state index in [0.717, 1.165) is 11.4 Å². The lowest BCUT2D eigenvalue weighted by Crippen LogP contribution is -2.36. The minimum Gasteiger partial charge on any atom is -0.347 e. The van der Waals surface area contributed by atoms with Crippen molar-refractivity contribution in [2.24, 2.45) is 0 Å². The molecule has 7 heteroatoms. The third-order valence-electron chi connectivity index (χ3n) is 3.03. The molecule has 1 aliphatic heterocycles. The van der Waals surface area contributed by atoms with Crippen molar-refractivity contribution < 1.29 is 8.42 Å². The maximum atomic E-state index is 12.4. The van der Waals surface area contributed by atoms with Crippen molar-refractivity contribution in [1.29, 1.82) is 0 Å². The summed E-state index contributed by atoms with van der Waals surface area (Å²) >= 11 is 0. The molecule has 0 saturated carbocycles. The zero-order valence-electron chi connectivity index (χ0n) is 9.57. The standard InChI is InChI=1S/C11H12N4O2S/c16-18(17,9-1-4-12-5-2-9)15-6-3-10-11(7-15)14-8-13-10/h1-2,4-5,8H,3,6-7H2,(H,13,14). The van der Waals surface area contributed by atoms with Crippen LogP contribution >= 0.6 is 0 Å². The van der Waals surface area contributed by atoms with E-state index in [4.69, 9.17) is 0 Å². The molecular weight excluding hydrogens is 252 g/mol. The second-order valence-corrected chi connectivity index (χ2v) is 6.04. The van der Waals surface area contributed by atoms with Crippen LogP contribution in [0.3, 0.4) is 0 Å². The first-order chi connectivity index (χ1) is 8.68. The number of hydrogen-bond acceptors (Lipinski definition) is 4. The van der Waals surface area contributed by atoms with E-state index >= 15 is 0 Å². The van der Waals surface area contributed by atoms with Crippen molar-refractivity contribution in [3.8, 4) is 0 Å². The van der Waals surface area contributed by atoms with Crippen LogP contribution in [0.25, 0.3) is 0 Å². The Morgan fingerprint density at radius 1 is 1.28 bits per heavy atom. The minimum absolute atomic E-state index is 0.278. The van der Waals surface area contributed by atoms with E-state index in [1.54, 1.807) is 6.33 Å². The van der Waals surface area contributed by atoms with Gasteiger partial charge in [0.25, 0.3) is 0 Å². The van der Waals surface area contributed by atoms with E-state index in [-0.39, 0.29) is 4.90 Å². The van der Waals surface area contributed by atoms with Crippen molar-refractivity contribution in [2.75, 3.05) is 6.54 Å². The van der Waals surface area contributed by atoms with Crippen LogP contribution in [-0.2, 0) is 23.0 Å². The van der Waals surface area contributed by atoms with Crippen LogP contribution in [0, 0.1) is 0 Å². The van der Waals surface area contributed by atoms with Gasteiger partial charge in [-0.25, -0.2) is 13.4 Å². The number of nitrogens with zero attached hydrogens (tertiary/aromatic N) is 3. The lowest BCUT2D eigenvalue weighted by atomic mass is 10.2. The number of sulfonamides is 1. The maximum Gasteiger partial charge on any atom is 0.243 e. The molecule has 0 spiro atoms. The first-order valence-electron chi connectivity index (χ1n) is 5.59. The molecule has 0 saturated heterocycles. The van der Waals surface area contributed by atoms with E-state index in [2.05, 4.69) is 15.0 Å². The van der Waals surface area contributed by atoms with Crippen molar-refractivity contribution >= 4 is 10.0 Å². The number of nitrogens with one attached hydrogen (secondary N) is 1. The molecule has 0 amide bonds. The minimum atomic E-state index is -3.44. The van der Waals surface area contributed by atoms with Crippen LogP contribution in [-0.4, -0.2) is 34.2 Å². The van der Waals surface area contributed by atoms with Crippen molar-refractivity contribution in [3.05, 3.63) is 42.2 Å². The summed E-state index contributed by atoms with van der Waals surface area (Å²) in [6, 6.07) is 3.02. The van der Waals surface area contributed by atoms with E-state index in [1.165, 1.54) is 28.8 Å². The zero-order chi connectivity index (χ0) is 12.6. The molecule has 0 fully saturated rings. The van der Waals surface area contributed by atoms with Gasteiger partial charge < -0.3 is 4.98 Å². The number of pyridine rings is 1. The first-order valence-corrected chi connectivity index (χ1v) is 7.03. The predicted octanol–water partition coefficient (Wildman–Crippen LogP) is 0.552. The highest BCUT2D eigenvalue weighted by molar-refractivity contribution is 7.89. The van der Waals surface area contributed by atoms with Gasteiger partial charge in [-0.05, 0) is 12.1 Å². The van der Waals surface area contributed by atoms with Crippen LogP contribution in [0.5, 0.6) is 0 Å².